The van der Waals surface area contributed by atoms with Crippen LogP contribution in [0.5, 0.6) is 17.2 Å². The molecule has 1 fully saturated rings. The molecule has 0 saturated carbocycles. The molecule has 8 nitrogen and oxygen atoms in total. The molecular weight excluding hydrogens is 408 g/mol. The smallest absolute Gasteiger partial charge is 0.254 e. The molecule has 1 aliphatic rings. The number of hydrogen-bond acceptors (Lipinski definition) is 6. The van der Waals surface area contributed by atoms with Gasteiger partial charge in [0.2, 0.25) is 10.0 Å². The van der Waals surface area contributed by atoms with Gasteiger partial charge in [0.1, 0.15) is 22.1 Å². The van der Waals surface area contributed by atoms with Crippen LogP contribution in [0.4, 0.5) is 0 Å². The average molecular weight is 435 g/mol. The second-order valence-corrected chi connectivity index (χ2v) is 8.69. The van der Waals surface area contributed by atoms with Crippen LogP contribution in [0.15, 0.2) is 41.3 Å². The highest BCUT2D eigenvalue weighted by Gasteiger charge is 2.33. The second kappa shape index (κ2) is 8.93. The molecule has 1 atom stereocenters. The first-order valence-electron chi connectivity index (χ1n) is 9.50. The minimum atomic E-state index is -3.79. The molecule has 1 N–H and O–H groups in total. The SMILES string of the molecule is CNS(=O)(=O)c1cc(C(=O)N2CCCC2c2cc(OC)ccc2OC)ccc1OC. The van der Waals surface area contributed by atoms with Crippen molar-refractivity contribution in [3.8, 4) is 17.2 Å². The van der Waals surface area contributed by atoms with Crippen molar-refractivity contribution in [1.29, 1.82) is 0 Å². The van der Waals surface area contributed by atoms with Crippen LogP contribution in [0.3, 0.4) is 0 Å². The Labute approximate surface area is 176 Å². The number of nitrogens with zero attached hydrogens (tertiary/aromatic N) is 1. The van der Waals surface area contributed by atoms with Gasteiger partial charge >= 0.3 is 0 Å². The van der Waals surface area contributed by atoms with Crippen molar-refractivity contribution >= 4 is 15.9 Å². The number of sulfonamides is 1. The van der Waals surface area contributed by atoms with E-state index in [4.69, 9.17) is 14.2 Å². The molecule has 30 heavy (non-hydrogen) atoms. The second-order valence-electron chi connectivity index (χ2n) is 6.84. The van der Waals surface area contributed by atoms with Crippen molar-refractivity contribution in [2.45, 2.75) is 23.8 Å². The normalized spacial score (nSPS) is 16.4. The van der Waals surface area contributed by atoms with Crippen LogP contribution in [0.2, 0.25) is 0 Å². The van der Waals surface area contributed by atoms with Gasteiger partial charge in [-0.15, -0.1) is 0 Å². The molecule has 0 aromatic heterocycles. The van der Waals surface area contributed by atoms with E-state index in [2.05, 4.69) is 4.72 Å². The predicted molar refractivity (Wildman–Crippen MR) is 112 cm³/mol. The fourth-order valence-corrected chi connectivity index (χ4v) is 4.65. The van der Waals surface area contributed by atoms with Crippen molar-refractivity contribution in [1.82, 2.24) is 9.62 Å². The quantitative estimate of drug-likeness (QED) is 0.720. The molecule has 3 rings (SSSR count). The Morgan fingerprint density at radius 1 is 1.03 bits per heavy atom. The molecule has 0 aliphatic carbocycles. The summed E-state index contributed by atoms with van der Waals surface area (Å²) in [5.41, 5.74) is 1.14. The molecule has 1 saturated heterocycles. The van der Waals surface area contributed by atoms with E-state index in [9.17, 15) is 13.2 Å². The van der Waals surface area contributed by atoms with E-state index in [0.717, 1.165) is 18.4 Å². The Kier molecular flexibility index (Phi) is 6.52. The lowest BCUT2D eigenvalue weighted by Crippen LogP contribution is -2.31. The van der Waals surface area contributed by atoms with Gasteiger partial charge in [-0.1, -0.05) is 0 Å². The van der Waals surface area contributed by atoms with E-state index < -0.39 is 10.0 Å². The number of hydrogen-bond donors (Lipinski definition) is 1. The Hall–Kier alpha value is -2.78. The molecule has 1 amide bonds. The van der Waals surface area contributed by atoms with Crippen LogP contribution in [-0.4, -0.2) is 54.1 Å². The van der Waals surface area contributed by atoms with Gasteiger partial charge in [0.05, 0.1) is 27.4 Å². The highest BCUT2D eigenvalue weighted by molar-refractivity contribution is 7.89. The zero-order chi connectivity index (χ0) is 21.9. The number of carbonyl (C=O) groups is 1. The maximum Gasteiger partial charge on any atom is 0.254 e. The van der Waals surface area contributed by atoms with Gasteiger partial charge < -0.3 is 19.1 Å². The first-order valence-corrected chi connectivity index (χ1v) is 11.0. The van der Waals surface area contributed by atoms with Gasteiger partial charge in [0.25, 0.3) is 5.91 Å². The van der Waals surface area contributed by atoms with Crippen LogP contribution in [0.25, 0.3) is 0 Å². The van der Waals surface area contributed by atoms with Crippen molar-refractivity contribution in [2.75, 3.05) is 34.9 Å². The number of carbonyl (C=O) groups excluding carboxylic acids is 1. The molecule has 1 heterocycles. The van der Waals surface area contributed by atoms with Gasteiger partial charge in [-0.2, -0.15) is 0 Å². The summed E-state index contributed by atoms with van der Waals surface area (Å²) in [7, 11) is 2.09. The zero-order valence-corrected chi connectivity index (χ0v) is 18.3. The Balaban J connectivity index is 2.00. The summed E-state index contributed by atoms with van der Waals surface area (Å²) in [6, 6.07) is 9.73. The van der Waals surface area contributed by atoms with Gasteiger partial charge in [-0.25, -0.2) is 13.1 Å². The van der Waals surface area contributed by atoms with Gasteiger partial charge in [-0.05, 0) is 56.3 Å². The highest BCUT2D eigenvalue weighted by atomic mass is 32.2. The maximum absolute atomic E-state index is 13.3. The van der Waals surface area contributed by atoms with E-state index >= 15 is 0 Å². The van der Waals surface area contributed by atoms with E-state index in [1.54, 1.807) is 25.2 Å². The fraction of sp³-hybridized carbons (Fsp3) is 0.381. The third kappa shape index (κ3) is 4.08. The monoisotopic (exact) mass is 434 g/mol. The summed E-state index contributed by atoms with van der Waals surface area (Å²) in [5.74, 6) is 1.27. The third-order valence-electron chi connectivity index (χ3n) is 5.28. The number of benzene rings is 2. The standard InChI is InChI=1S/C21H26N2O6S/c1-22-30(25,26)20-12-14(7-9-19(20)29-4)21(24)23-11-5-6-17(23)16-13-15(27-2)8-10-18(16)28-3/h7-10,12-13,17,22H,5-6,11H2,1-4H3. The van der Waals surface area contributed by atoms with Crippen LogP contribution < -0.4 is 18.9 Å². The molecule has 0 bridgehead atoms. The first kappa shape index (κ1) is 21.9. The number of rotatable bonds is 7. The molecule has 162 valence electrons. The number of methoxy groups -OCH3 is 3. The maximum atomic E-state index is 13.3. The van der Waals surface area contributed by atoms with E-state index in [-0.39, 0.29) is 28.2 Å². The summed E-state index contributed by atoms with van der Waals surface area (Å²) in [4.78, 5) is 15.0. The molecule has 9 heteroatoms. The van der Waals surface area contributed by atoms with Gasteiger partial charge in [0, 0.05) is 17.7 Å². The van der Waals surface area contributed by atoms with Crippen LogP contribution in [0.1, 0.15) is 34.8 Å². The minimum Gasteiger partial charge on any atom is -0.497 e. The average Bonchev–Trinajstić information content (AvgIpc) is 3.27. The molecule has 1 unspecified atom stereocenters. The topological polar surface area (TPSA) is 94.2 Å². The lowest BCUT2D eigenvalue weighted by Gasteiger charge is -2.27. The fourth-order valence-electron chi connectivity index (χ4n) is 3.73. The van der Waals surface area contributed by atoms with E-state index in [0.29, 0.717) is 18.0 Å². The number of likely N-dealkylation sites (tertiary alicyclic amines) is 1. The largest absolute Gasteiger partial charge is 0.497 e. The van der Waals surface area contributed by atoms with Crippen molar-refractivity contribution < 1.29 is 27.4 Å². The lowest BCUT2D eigenvalue weighted by molar-refractivity contribution is 0.0733. The zero-order valence-electron chi connectivity index (χ0n) is 17.5. The molecule has 0 radical (unpaired) electrons. The lowest BCUT2D eigenvalue weighted by atomic mass is 10.0. The molecule has 0 spiro atoms. The van der Waals surface area contributed by atoms with Gasteiger partial charge in [-0.3, -0.25) is 4.79 Å². The minimum absolute atomic E-state index is 0.0759. The van der Waals surface area contributed by atoms with Crippen LogP contribution in [-0.2, 0) is 10.0 Å². The molecular formula is C21H26N2O6S. The first-order chi connectivity index (χ1) is 14.4. The third-order valence-corrected chi connectivity index (χ3v) is 6.71. The molecule has 1 aliphatic heterocycles. The number of nitrogens with one attached hydrogen (secondary N) is 1. The summed E-state index contributed by atoms with van der Waals surface area (Å²) in [5, 5.41) is 0. The summed E-state index contributed by atoms with van der Waals surface area (Å²) in [6.07, 6.45) is 1.60. The molecule has 2 aromatic carbocycles. The highest BCUT2D eigenvalue weighted by Crippen LogP contribution is 2.40. The number of ether oxygens (including phenoxy) is 3. The van der Waals surface area contributed by atoms with Crippen molar-refractivity contribution in [3.05, 3.63) is 47.5 Å². The van der Waals surface area contributed by atoms with Crippen molar-refractivity contribution in [3.63, 3.8) is 0 Å². The van der Waals surface area contributed by atoms with Crippen LogP contribution in [0, 0.1) is 0 Å². The van der Waals surface area contributed by atoms with Crippen molar-refractivity contribution in [2.24, 2.45) is 0 Å². The van der Waals surface area contributed by atoms with E-state index in [1.165, 1.54) is 26.3 Å². The Morgan fingerprint density at radius 3 is 2.37 bits per heavy atom. The summed E-state index contributed by atoms with van der Waals surface area (Å²) in [6.45, 7) is 0.560. The Morgan fingerprint density at radius 2 is 1.73 bits per heavy atom. The predicted octanol–water partition coefficient (Wildman–Crippen LogP) is 2.60. The number of amides is 1. The van der Waals surface area contributed by atoms with Crippen LogP contribution >= 0.6 is 0 Å². The summed E-state index contributed by atoms with van der Waals surface area (Å²) >= 11 is 0. The van der Waals surface area contributed by atoms with E-state index in [1.807, 2.05) is 18.2 Å². The summed E-state index contributed by atoms with van der Waals surface area (Å²) < 4.78 is 43.0. The Bertz CT molecular complexity index is 1040. The molecule has 2 aromatic rings. The van der Waals surface area contributed by atoms with Gasteiger partial charge in [0.15, 0.2) is 0 Å².